The van der Waals surface area contributed by atoms with E-state index in [0.717, 1.165) is 134 Å². The van der Waals surface area contributed by atoms with Crippen LogP contribution < -0.4 is 56.8 Å². The number of amides is 4. The highest BCUT2D eigenvalue weighted by molar-refractivity contribution is 8.00. The van der Waals surface area contributed by atoms with Crippen LogP contribution in [0.15, 0.2) is 75.4 Å². The fraction of sp³-hybridized carbons (Fsp3) is 0.373. The number of anilines is 3. The molecule has 4 aromatic carbocycles. The number of H-pyrrole nitrogens is 1. The first-order valence-electron chi connectivity index (χ1n) is 29.0. The standard InChI is InChI=1S/C59H60N12O15S3/c60-59-67-53-48(55(75)68-59)64-34(28-62-53)27-61-33-11-9-30(10-12-33)54(74)66-41(57(77)78)15-16-45(72)65-42(58(79)80)29-87-43-26-46(73)71(56(43)76)22-17-63-88(81,82)35-13-14-36(44(25-35)89(83,84)85)47-39-23-31-5-1-18-69-20-3-7-37(49(31)69)51(39)86-52-38-8-4-21-70-19-2-6-32(50(38)70)24-40(47)52/h9-14,23-25,28,41-43,63H,1-8,15-22,26-27,29H2,(H8-,60,61,62,65,66,67,68,72,74,75,77,78,79,80,83,84,85). The molecule has 0 bridgehead atoms. The first kappa shape index (κ1) is 60.4. The van der Waals surface area contributed by atoms with Crippen molar-refractivity contribution in [3.8, 4) is 11.5 Å². The summed E-state index contributed by atoms with van der Waals surface area (Å²) in [6, 6.07) is 10.2. The molecule has 0 aliphatic carbocycles. The Labute approximate surface area is 512 Å². The zero-order valence-corrected chi connectivity index (χ0v) is 50.1. The summed E-state index contributed by atoms with van der Waals surface area (Å²) in [6.07, 6.45) is 6.69. The maximum absolute atomic E-state index is 14.0. The molecule has 8 heterocycles. The molecule has 464 valence electrons. The average Bonchev–Trinajstić information content (AvgIpc) is 1.07. The van der Waals surface area contributed by atoms with Gasteiger partial charge in [0.05, 0.1) is 39.0 Å². The molecule has 3 atom stereocenters. The summed E-state index contributed by atoms with van der Waals surface area (Å²) in [6.45, 7) is 2.74. The molecule has 0 saturated carbocycles. The van der Waals surface area contributed by atoms with E-state index in [1.54, 1.807) is 0 Å². The third-order valence-corrected chi connectivity index (χ3v) is 20.4. The first-order valence-corrected chi connectivity index (χ1v) is 32.9. The van der Waals surface area contributed by atoms with Crippen molar-refractivity contribution in [2.45, 2.75) is 104 Å². The van der Waals surface area contributed by atoms with Gasteiger partial charge in [0, 0.05) is 108 Å². The van der Waals surface area contributed by atoms with Crippen molar-refractivity contribution in [3.05, 3.63) is 126 Å². The van der Waals surface area contributed by atoms with Crippen LogP contribution in [0.2, 0.25) is 0 Å². The number of aryl methyl sites for hydroxylation is 2. The van der Waals surface area contributed by atoms with E-state index in [1.165, 1.54) is 42.6 Å². The van der Waals surface area contributed by atoms with Crippen molar-refractivity contribution in [1.82, 2.24) is 44.8 Å². The zero-order valence-electron chi connectivity index (χ0n) is 47.6. The van der Waals surface area contributed by atoms with Gasteiger partial charge in [-0.05, 0) is 99.0 Å². The lowest BCUT2D eigenvalue weighted by molar-refractivity contribution is -0.142. The highest BCUT2D eigenvalue weighted by atomic mass is 32.2. The van der Waals surface area contributed by atoms with Gasteiger partial charge in [-0.15, -0.1) is 11.8 Å². The maximum Gasteiger partial charge on any atom is 0.327 e. The SMILES string of the molecule is Nc1nc2ncc(CNc3ccc(C(=O)NC(CCC(=O)NC(CSC4CC(=O)N(CCNS(=O)(=O)c5ccc(C6=c7cc8c9c(c7Oc7c6cc6c%10c7CCCN%10CCC6)CCC[N+]=9CCC8)c(S(=O)(=O)[O-])c5)C4=O)C(=O)O)C(=O)O)cc3)nc2c(=O)[nH]1. The number of aliphatic carboxylic acids is 2. The molecule has 6 aromatic rings. The van der Waals surface area contributed by atoms with Gasteiger partial charge in [-0.2, -0.15) is 4.98 Å². The van der Waals surface area contributed by atoms with E-state index >= 15 is 0 Å². The van der Waals surface area contributed by atoms with Crippen molar-refractivity contribution in [2.75, 3.05) is 61.0 Å². The van der Waals surface area contributed by atoms with Gasteiger partial charge < -0.3 is 46.1 Å². The molecule has 0 spiro atoms. The van der Waals surface area contributed by atoms with Crippen LogP contribution in [-0.2, 0) is 76.3 Å². The molecule has 3 unspecified atom stereocenters. The number of aromatic amines is 1. The lowest BCUT2D eigenvalue weighted by atomic mass is 9.82. The maximum atomic E-state index is 14.0. The van der Waals surface area contributed by atoms with E-state index in [4.69, 9.17) is 10.5 Å². The number of nitrogens with one attached hydrogen (secondary N) is 5. The highest BCUT2D eigenvalue weighted by Crippen LogP contribution is 2.49. The van der Waals surface area contributed by atoms with Crippen molar-refractivity contribution in [3.63, 3.8) is 0 Å². The third kappa shape index (κ3) is 12.1. The largest absolute Gasteiger partial charge is 0.744 e. The van der Waals surface area contributed by atoms with Crippen molar-refractivity contribution >= 4 is 102 Å². The number of thioether (sulfide) groups is 1. The predicted octanol–water partition coefficient (Wildman–Crippen LogP) is 0.619. The molecule has 27 nitrogen and oxygen atoms in total. The summed E-state index contributed by atoms with van der Waals surface area (Å²) in [7, 11) is -9.99. The number of imide groups is 1. The highest BCUT2D eigenvalue weighted by Gasteiger charge is 2.41. The lowest BCUT2D eigenvalue weighted by Crippen LogP contribution is -2.45. The summed E-state index contributed by atoms with van der Waals surface area (Å²) in [4.78, 5) is 106. The third-order valence-electron chi connectivity index (χ3n) is 16.8. The number of fused-ring (bicyclic) bond motifs is 5. The molecule has 6 aliphatic heterocycles. The van der Waals surface area contributed by atoms with Crippen molar-refractivity contribution in [1.29, 1.82) is 0 Å². The summed E-state index contributed by atoms with van der Waals surface area (Å²) in [5, 5.41) is 28.2. The van der Waals surface area contributed by atoms with E-state index in [1.807, 2.05) is 12.1 Å². The van der Waals surface area contributed by atoms with Crippen LogP contribution in [0.25, 0.3) is 16.7 Å². The van der Waals surface area contributed by atoms with Crippen molar-refractivity contribution in [2.24, 2.45) is 0 Å². The predicted molar refractivity (Wildman–Crippen MR) is 321 cm³/mol. The van der Waals surface area contributed by atoms with E-state index in [-0.39, 0.29) is 41.2 Å². The van der Waals surface area contributed by atoms with Crippen molar-refractivity contribution < 1.29 is 65.1 Å². The number of hydrogen-bond acceptors (Lipinski definition) is 20. The number of nitrogens with zero attached hydrogens (tertiary/aromatic N) is 6. The Kier molecular flexibility index (Phi) is 16.5. The molecule has 2 aromatic heterocycles. The second-order valence-electron chi connectivity index (χ2n) is 22.5. The van der Waals surface area contributed by atoms with Crippen LogP contribution in [0.5, 0.6) is 11.5 Å². The Hall–Kier alpha value is -8.84. The molecule has 6 aliphatic rings. The van der Waals surface area contributed by atoms with Crippen LogP contribution in [0.1, 0.15) is 94.4 Å². The molecular formula is C59H60N12O15S3. The van der Waals surface area contributed by atoms with Crippen LogP contribution >= 0.6 is 11.8 Å². The molecule has 1 fully saturated rings. The minimum atomic E-state index is -5.37. The Morgan fingerprint density at radius 1 is 0.854 bits per heavy atom. The number of rotatable bonds is 21. The molecular weight excluding hydrogens is 1210 g/mol. The second kappa shape index (κ2) is 24.3. The molecule has 4 amide bonds. The summed E-state index contributed by atoms with van der Waals surface area (Å²) >= 11 is 0.758. The zero-order chi connectivity index (χ0) is 62.6. The van der Waals surface area contributed by atoms with Gasteiger partial charge in [0.15, 0.2) is 11.2 Å². The van der Waals surface area contributed by atoms with Gasteiger partial charge in [0.2, 0.25) is 39.1 Å². The number of carbonyl (C=O) groups excluding carboxylic acids is 4. The summed E-state index contributed by atoms with van der Waals surface area (Å²) in [5.74, 6) is -5.40. The normalized spacial score (nSPS) is 17.4. The topological polar surface area (TPSA) is 399 Å². The smallest absolute Gasteiger partial charge is 0.327 e. The number of nitrogens with two attached hydrogens (primary N) is 1. The lowest BCUT2D eigenvalue weighted by Gasteiger charge is -2.39. The van der Waals surface area contributed by atoms with Gasteiger partial charge in [-0.25, -0.2) is 45.7 Å². The Bertz CT molecular complexity index is 4440. The number of benzene rings is 4. The average molecular weight is 1270 g/mol. The van der Waals surface area contributed by atoms with E-state index < -0.39 is 120 Å². The summed E-state index contributed by atoms with van der Waals surface area (Å²) in [5.41, 5.74) is 12.5. The monoisotopic (exact) mass is 1270 g/mol. The van der Waals surface area contributed by atoms with E-state index in [0.29, 0.717) is 39.2 Å². The number of hydrogen-bond donors (Lipinski definition) is 8. The minimum Gasteiger partial charge on any atom is -0.744 e. The molecule has 1 saturated heterocycles. The van der Waals surface area contributed by atoms with Crippen LogP contribution in [-0.4, -0.2) is 154 Å². The number of nitrogen functional groups attached to an aromatic ring is 1. The number of carbonyl (C=O) groups is 6. The number of sulfonamides is 1. The minimum absolute atomic E-state index is 0.00811. The molecule has 12 rings (SSSR count). The Morgan fingerprint density at radius 2 is 1.58 bits per heavy atom. The quantitative estimate of drug-likeness (QED) is 0.0278. The van der Waals surface area contributed by atoms with E-state index in [9.17, 15) is 65.2 Å². The number of likely N-dealkylation sites (tertiary alicyclic amines) is 1. The molecule has 9 N–H and O–H groups in total. The molecule has 0 radical (unpaired) electrons. The fourth-order valence-corrected chi connectivity index (χ4v) is 15.7. The second-order valence-corrected chi connectivity index (χ2v) is 26.9. The van der Waals surface area contributed by atoms with E-state index in [2.05, 4.69) is 50.1 Å². The number of ether oxygens (including phenoxy) is 1. The molecule has 30 heteroatoms. The number of carboxylic acid groups (broad SMARTS) is 2. The molecule has 89 heavy (non-hydrogen) atoms. The van der Waals surface area contributed by atoms with Crippen LogP contribution in [0.4, 0.5) is 17.3 Å². The summed E-state index contributed by atoms with van der Waals surface area (Å²) < 4.78 is 80.3. The van der Waals surface area contributed by atoms with Gasteiger partial charge >= 0.3 is 11.9 Å². The van der Waals surface area contributed by atoms with Crippen LogP contribution in [0, 0.1) is 0 Å². The Morgan fingerprint density at radius 3 is 2.34 bits per heavy atom. The van der Waals surface area contributed by atoms with Gasteiger partial charge in [-0.3, -0.25) is 33.9 Å². The fourth-order valence-electron chi connectivity index (χ4n) is 12.7. The number of aromatic nitrogens is 4. The number of carboxylic acids is 2. The van der Waals surface area contributed by atoms with Gasteiger partial charge in [0.25, 0.3) is 11.5 Å². The van der Waals surface area contributed by atoms with Gasteiger partial charge in [-0.1, -0.05) is 6.07 Å². The Balaban J connectivity index is 0.671. The first-order chi connectivity index (χ1) is 42.6. The van der Waals surface area contributed by atoms with Gasteiger partial charge in [0.1, 0.15) is 46.8 Å². The van der Waals surface area contributed by atoms with Crippen LogP contribution in [0.3, 0.4) is 0 Å².